The van der Waals surface area contributed by atoms with Gasteiger partial charge in [-0.3, -0.25) is 4.79 Å². The van der Waals surface area contributed by atoms with Crippen LogP contribution in [0.15, 0.2) is 11.4 Å². The highest BCUT2D eigenvalue weighted by Gasteiger charge is 2.13. The molecule has 17 heavy (non-hydrogen) atoms. The van der Waals surface area contributed by atoms with Crippen LogP contribution >= 0.6 is 23.7 Å². The highest BCUT2D eigenvalue weighted by Crippen LogP contribution is 2.23. The Morgan fingerprint density at radius 2 is 2.29 bits per heavy atom. The van der Waals surface area contributed by atoms with Gasteiger partial charge in [-0.05, 0) is 24.9 Å². The first-order valence-electron chi connectivity index (χ1n) is 5.32. The number of nitrogens with one attached hydrogen (secondary N) is 2. The normalized spacial score (nSPS) is 11.5. The van der Waals surface area contributed by atoms with Gasteiger partial charge in [-0.15, -0.1) is 23.7 Å². The van der Waals surface area contributed by atoms with E-state index >= 15 is 0 Å². The average molecular weight is 279 g/mol. The maximum atomic E-state index is 11.8. The Hall–Kier alpha value is -0.780. The highest BCUT2D eigenvalue weighted by atomic mass is 35.5. The number of rotatable bonds is 6. The monoisotopic (exact) mass is 278 g/mol. The summed E-state index contributed by atoms with van der Waals surface area (Å²) in [6.45, 7) is 5.60. The molecule has 0 saturated carbocycles. The zero-order valence-corrected chi connectivity index (χ0v) is 11.9. The molecule has 0 unspecified atom stereocenters. The van der Waals surface area contributed by atoms with Gasteiger partial charge in [0.05, 0.1) is 7.11 Å². The van der Waals surface area contributed by atoms with Gasteiger partial charge in [0.25, 0.3) is 5.91 Å². The second kappa shape index (κ2) is 8.33. The summed E-state index contributed by atoms with van der Waals surface area (Å²) in [6, 6.07) is 2.08. The number of likely N-dealkylation sites (N-methyl/N-ethyl adjacent to an activating group) is 1. The molecule has 1 aromatic rings. The van der Waals surface area contributed by atoms with E-state index in [-0.39, 0.29) is 24.4 Å². The van der Waals surface area contributed by atoms with Crippen molar-refractivity contribution in [2.24, 2.45) is 0 Å². The number of ether oxygens (including phenoxy) is 1. The Kier molecular flexibility index (Phi) is 7.95. The first kappa shape index (κ1) is 16.2. The molecule has 6 heteroatoms. The summed E-state index contributed by atoms with van der Waals surface area (Å²) in [5.74, 6) is 0.565. The number of halogens is 1. The minimum Gasteiger partial charge on any atom is -0.495 e. The Morgan fingerprint density at radius 3 is 2.88 bits per heavy atom. The highest BCUT2D eigenvalue weighted by molar-refractivity contribution is 7.12. The van der Waals surface area contributed by atoms with E-state index in [1.807, 2.05) is 19.2 Å². The predicted octanol–water partition coefficient (Wildman–Crippen LogP) is 1.91. The zero-order valence-electron chi connectivity index (χ0n) is 10.3. The van der Waals surface area contributed by atoms with Crippen LogP contribution in [0.3, 0.4) is 0 Å². The topological polar surface area (TPSA) is 50.4 Å². The SMILES string of the molecule is CCN[C@H](C)CNC(=O)c1sccc1OC.Cl. The van der Waals surface area contributed by atoms with Gasteiger partial charge < -0.3 is 15.4 Å². The van der Waals surface area contributed by atoms with Crippen LogP contribution in [0.2, 0.25) is 0 Å². The third kappa shape index (κ3) is 4.93. The lowest BCUT2D eigenvalue weighted by atomic mass is 10.3. The quantitative estimate of drug-likeness (QED) is 0.836. The Balaban J connectivity index is 0.00000256. The molecule has 2 N–H and O–H groups in total. The summed E-state index contributed by atoms with van der Waals surface area (Å²) in [6.07, 6.45) is 0. The van der Waals surface area contributed by atoms with E-state index in [2.05, 4.69) is 10.6 Å². The molecule has 0 saturated heterocycles. The number of hydrogen-bond donors (Lipinski definition) is 2. The molecular formula is C11H19ClN2O2S. The van der Waals surface area contributed by atoms with Crippen molar-refractivity contribution in [3.05, 3.63) is 16.3 Å². The molecule has 0 aromatic carbocycles. The molecule has 0 radical (unpaired) electrons. The first-order valence-corrected chi connectivity index (χ1v) is 6.20. The van der Waals surface area contributed by atoms with Gasteiger partial charge in [0.15, 0.2) is 0 Å². The molecule has 0 bridgehead atoms. The molecule has 0 aliphatic rings. The molecule has 4 nitrogen and oxygen atoms in total. The molecule has 1 amide bonds. The van der Waals surface area contributed by atoms with E-state index < -0.39 is 0 Å². The third-order valence-corrected chi connectivity index (χ3v) is 3.07. The largest absolute Gasteiger partial charge is 0.495 e. The first-order chi connectivity index (χ1) is 7.69. The van der Waals surface area contributed by atoms with Gasteiger partial charge in [-0.25, -0.2) is 0 Å². The fourth-order valence-electron chi connectivity index (χ4n) is 1.37. The van der Waals surface area contributed by atoms with Crippen LogP contribution in [0, 0.1) is 0 Å². The number of methoxy groups -OCH3 is 1. The average Bonchev–Trinajstić information content (AvgIpc) is 2.74. The summed E-state index contributed by atoms with van der Waals surface area (Å²) in [5, 5.41) is 7.95. The van der Waals surface area contributed by atoms with Crippen LogP contribution in [-0.4, -0.2) is 32.1 Å². The van der Waals surface area contributed by atoms with Crippen LogP contribution in [0.4, 0.5) is 0 Å². The van der Waals surface area contributed by atoms with Crippen molar-refractivity contribution in [3.63, 3.8) is 0 Å². The van der Waals surface area contributed by atoms with Crippen molar-refractivity contribution in [2.45, 2.75) is 19.9 Å². The summed E-state index contributed by atoms with van der Waals surface area (Å²) < 4.78 is 5.09. The Bertz CT molecular complexity index is 344. The van der Waals surface area contributed by atoms with Crippen molar-refractivity contribution in [1.82, 2.24) is 10.6 Å². The zero-order chi connectivity index (χ0) is 12.0. The van der Waals surface area contributed by atoms with Crippen molar-refractivity contribution >= 4 is 29.7 Å². The number of thiophene rings is 1. The van der Waals surface area contributed by atoms with Crippen LogP contribution in [0.1, 0.15) is 23.5 Å². The number of hydrogen-bond acceptors (Lipinski definition) is 4. The van der Waals surface area contributed by atoms with Crippen LogP contribution in [-0.2, 0) is 0 Å². The lowest BCUT2D eigenvalue weighted by molar-refractivity contribution is 0.0951. The molecule has 0 aliphatic carbocycles. The number of carbonyl (C=O) groups excluding carboxylic acids is 1. The molecule has 1 rings (SSSR count). The van der Waals surface area contributed by atoms with Crippen molar-refractivity contribution in [1.29, 1.82) is 0 Å². The fraction of sp³-hybridized carbons (Fsp3) is 0.545. The summed E-state index contributed by atoms with van der Waals surface area (Å²) in [4.78, 5) is 12.4. The van der Waals surface area contributed by atoms with Crippen LogP contribution < -0.4 is 15.4 Å². The molecule has 1 atom stereocenters. The molecule has 0 fully saturated rings. The number of amides is 1. The number of carbonyl (C=O) groups is 1. The summed E-state index contributed by atoms with van der Waals surface area (Å²) in [7, 11) is 1.57. The van der Waals surface area contributed by atoms with E-state index in [0.29, 0.717) is 17.2 Å². The molecule has 0 spiro atoms. The Labute approximate surface area is 112 Å². The lowest BCUT2D eigenvalue weighted by Gasteiger charge is -2.12. The van der Waals surface area contributed by atoms with Crippen LogP contribution in [0.5, 0.6) is 5.75 Å². The lowest BCUT2D eigenvalue weighted by Crippen LogP contribution is -2.38. The van der Waals surface area contributed by atoms with Gasteiger partial charge in [-0.2, -0.15) is 0 Å². The van der Waals surface area contributed by atoms with E-state index in [0.717, 1.165) is 6.54 Å². The van der Waals surface area contributed by atoms with E-state index in [1.165, 1.54) is 11.3 Å². The molecule has 1 heterocycles. The maximum absolute atomic E-state index is 11.8. The van der Waals surface area contributed by atoms with Gasteiger partial charge in [0, 0.05) is 12.6 Å². The fourth-order valence-corrected chi connectivity index (χ4v) is 2.14. The standard InChI is InChI=1S/C11H18N2O2S.ClH/c1-4-12-8(2)7-13-11(14)10-9(15-3)5-6-16-10;/h5-6,8,12H,4,7H2,1-3H3,(H,13,14);1H/t8-;/m1./s1. The Morgan fingerprint density at radius 1 is 1.59 bits per heavy atom. The summed E-state index contributed by atoms with van der Waals surface area (Å²) >= 11 is 1.39. The summed E-state index contributed by atoms with van der Waals surface area (Å²) in [5.41, 5.74) is 0. The van der Waals surface area contributed by atoms with Gasteiger partial charge in [0.2, 0.25) is 0 Å². The minimum atomic E-state index is -0.0726. The van der Waals surface area contributed by atoms with Crippen molar-refractivity contribution < 1.29 is 9.53 Å². The van der Waals surface area contributed by atoms with E-state index in [4.69, 9.17) is 4.74 Å². The van der Waals surface area contributed by atoms with Crippen molar-refractivity contribution in [3.8, 4) is 5.75 Å². The van der Waals surface area contributed by atoms with Gasteiger partial charge in [0.1, 0.15) is 10.6 Å². The predicted molar refractivity (Wildman–Crippen MR) is 73.6 cm³/mol. The third-order valence-electron chi connectivity index (χ3n) is 2.18. The van der Waals surface area contributed by atoms with Gasteiger partial charge >= 0.3 is 0 Å². The van der Waals surface area contributed by atoms with Crippen LogP contribution in [0.25, 0.3) is 0 Å². The molecule has 0 aliphatic heterocycles. The van der Waals surface area contributed by atoms with Crippen molar-refractivity contribution in [2.75, 3.05) is 20.2 Å². The second-order valence-electron chi connectivity index (χ2n) is 3.49. The molecule has 1 aromatic heterocycles. The molecule has 98 valence electrons. The second-order valence-corrected chi connectivity index (χ2v) is 4.40. The van der Waals surface area contributed by atoms with Gasteiger partial charge in [-0.1, -0.05) is 6.92 Å². The van der Waals surface area contributed by atoms with E-state index in [9.17, 15) is 4.79 Å². The molecular weight excluding hydrogens is 260 g/mol. The minimum absolute atomic E-state index is 0. The van der Waals surface area contributed by atoms with E-state index in [1.54, 1.807) is 13.2 Å². The maximum Gasteiger partial charge on any atom is 0.265 e. The smallest absolute Gasteiger partial charge is 0.265 e.